The van der Waals surface area contributed by atoms with Crippen molar-refractivity contribution in [3.8, 4) is 0 Å². The third kappa shape index (κ3) is 3.66. The average Bonchev–Trinajstić information content (AvgIpc) is 3.13. The first kappa shape index (κ1) is 15.0. The summed E-state index contributed by atoms with van der Waals surface area (Å²) < 4.78 is 11.8. The molecule has 2 aromatic heterocycles. The van der Waals surface area contributed by atoms with Crippen LogP contribution in [-0.4, -0.2) is 36.4 Å². The third-order valence-electron chi connectivity index (χ3n) is 3.91. The number of aromatic nitrogens is 1. The first-order valence-corrected chi connectivity index (χ1v) is 8.25. The van der Waals surface area contributed by atoms with Crippen LogP contribution in [0.15, 0.2) is 22.7 Å². The Balaban J connectivity index is 1.62. The summed E-state index contributed by atoms with van der Waals surface area (Å²) in [6.07, 6.45) is 1.12. The molecule has 0 spiro atoms. The fourth-order valence-corrected chi connectivity index (χ4v) is 4.08. The fraction of sp³-hybridized carbons (Fsp3) is 0.533. The minimum Gasteiger partial charge on any atom is -0.380 e. The second-order valence-corrected chi connectivity index (χ2v) is 7.37. The van der Waals surface area contributed by atoms with Gasteiger partial charge in [0.05, 0.1) is 16.1 Å². The Labute approximate surface area is 133 Å². The predicted molar refractivity (Wildman–Crippen MR) is 83.8 cm³/mol. The number of ether oxygens (including phenoxy) is 1. The maximum atomic E-state index is 6.00. The standard InChI is InChI=1S/C15H19ClN2O2S/c1-10-5-12(20-17-10)6-11-7-18(9-14(11)19-2)8-13-3-4-15(16)21-13/h3-5,11,14H,6-9H2,1-2H3/t11-,14+/m1/s1. The Hall–Kier alpha value is -0.880. The van der Waals surface area contributed by atoms with E-state index in [9.17, 15) is 0 Å². The maximum Gasteiger partial charge on any atom is 0.137 e. The van der Waals surface area contributed by atoms with Crippen LogP contribution in [0, 0.1) is 12.8 Å². The van der Waals surface area contributed by atoms with Gasteiger partial charge in [0.2, 0.25) is 0 Å². The summed E-state index contributed by atoms with van der Waals surface area (Å²) in [6.45, 7) is 4.84. The molecule has 1 saturated heterocycles. The molecule has 4 nitrogen and oxygen atoms in total. The van der Waals surface area contributed by atoms with Crippen molar-refractivity contribution >= 4 is 22.9 Å². The summed E-state index contributed by atoms with van der Waals surface area (Å²) in [5, 5.41) is 3.96. The molecule has 1 fully saturated rings. The highest BCUT2D eigenvalue weighted by molar-refractivity contribution is 7.16. The molecule has 0 bridgehead atoms. The summed E-state index contributed by atoms with van der Waals surface area (Å²) in [7, 11) is 1.79. The van der Waals surface area contributed by atoms with E-state index in [2.05, 4.69) is 16.1 Å². The molecule has 0 saturated carbocycles. The van der Waals surface area contributed by atoms with E-state index in [1.165, 1.54) is 4.88 Å². The van der Waals surface area contributed by atoms with Crippen molar-refractivity contribution in [2.75, 3.05) is 20.2 Å². The van der Waals surface area contributed by atoms with Crippen LogP contribution in [-0.2, 0) is 17.7 Å². The van der Waals surface area contributed by atoms with Gasteiger partial charge in [-0.2, -0.15) is 0 Å². The van der Waals surface area contributed by atoms with Crippen LogP contribution >= 0.6 is 22.9 Å². The highest BCUT2D eigenvalue weighted by Crippen LogP contribution is 2.28. The lowest BCUT2D eigenvalue weighted by atomic mass is 10.0. The molecule has 6 heteroatoms. The lowest BCUT2D eigenvalue weighted by Gasteiger charge is -2.14. The smallest absolute Gasteiger partial charge is 0.137 e. The Bertz CT molecular complexity index is 598. The molecule has 0 N–H and O–H groups in total. The number of methoxy groups -OCH3 is 1. The Morgan fingerprint density at radius 1 is 1.48 bits per heavy atom. The monoisotopic (exact) mass is 326 g/mol. The zero-order chi connectivity index (χ0) is 14.8. The third-order valence-corrected chi connectivity index (χ3v) is 5.12. The van der Waals surface area contributed by atoms with Crippen LogP contribution in [0.25, 0.3) is 0 Å². The maximum absolute atomic E-state index is 6.00. The molecule has 1 aliphatic rings. The van der Waals surface area contributed by atoms with Crippen LogP contribution < -0.4 is 0 Å². The molecule has 1 aliphatic heterocycles. The number of rotatable bonds is 5. The molecule has 3 heterocycles. The molecule has 0 aromatic carbocycles. The summed E-state index contributed by atoms with van der Waals surface area (Å²) in [5.74, 6) is 1.39. The highest BCUT2D eigenvalue weighted by Gasteiger charge is 2.33. The van der Waals surface area contributed by atoms with Crippen molar-refractivity contribution in [2.24, 2.45) is 5.92 Å². The van der Waals surface area contributed by atoms with E-state index in [1.807, 2.05) is 19.1 Å². The fourth-order valence-electron chi connectivity index (χ4n) is 2.95. The van der Waals surface area contributed by atoms with Gasteiger partial charge < -0.3 is 9.26 Å². The molecule has 0 unspecified atom stereocenters. The SMILES string of the molecule is CO[C@H]1CN(Cc2ccc(Cl)s2)C[C@H]1Cc1cc(C)no1. The van der Waals surface area contributed by atoms with Crippen LogP contribution in [0.1, 0.15) is 16.3 Å². The minimum atomic E-state index is 0.242. The Morgan fingerprint density at radius 3 is 2.95 bits per heavy atom. The van der Waals surface area contributed by atoms with Crippen molar-refractivity contribution in [3.05, 3.63) is 38.9 Å². The first-order valence-electron chi connectivity index (χ1n) is 7.05. The molecular formula is C15H19ClN2O2S. The van der Waals surface area contributed by atoms with Gasteiger partial charge in [-0.3, -0.25) is 4.90 Å². The summed E-state index contributed by atoms with van der Waals surface area (Å²) in [4.78, 5) is 3.72. The zero-order valence-corrected chi connectivity index (χ0v) is 13.8. The minimum absolute atomic E-state index is 0.242. The molecule has 0 amide bonds. The first-order chi connectivity index (χ1) is 10.1. The van der Waals surface area contributed by atoms with Crippen LogP contribution in [0.2, 0.25) is 4.34 Å². The van der Waals surface area contributed by atoms with Gasteiger partial charge in [-0.1, -0.05) is 16.8 Å². The van der Waals surface area contributed by atoms with Gasteiger partial charge in [0, 0.05) is 50.0 Å². The number of hydrogen-bond donors (Lipinski definition) is 0. The van der Waals surface area contributed by atoms with Crippen LogP contribution in [0.3, 0.4) is 0 Å². The van der Waals surface area contributed by atoms with E-state index < -0.39 is 0 Å². The highest BCUT2D eigenvalue weighted by atomic mass is 35.5. The van der Waals surface area contributed by atoms with Gasteiger partial charge in [-0.05, 0) is 19.1 Å². The molecule has 114 valence electrons. The molecule has 0 radical (unpaired) electrons. The van der Waals surface area contributed by atoms with Gasteiger partial charge in [0.15, 0.2) is 0 Å². The number of thiophene rings is 1. The van der Waals surface area contributed by atoms with E-state index in [4.69, 9.17) is 20.9 Å². The van der Waals surface area contributed by atoms with Gasteiger partial charge in [-0.15, -0.1) is 11.3 Å². The molecular weight excluding hydrogens is 308 g/mol. The topological polar surface area (TPSA) is 38.5 Å². The van der Waals surface area contributed by atoms with Crippen molar-refractivity contribution in [3.63, 3.8) is 0 Å². The van der Waals surface area contributed by atoms with Gasteiger partial charge in [0.25, 0.3) is 0 Å². The largest absolute Gasteiger partial charge is 0.380 e. The summed E-state index contributed by atoms with van der Waals surface area (Å²) in [6, 6.07) is 6.07. The average molecular weight is 327 g/mol. The van der Waals surface area contributed by atoms with Crippen LogP contribution in [0.5, 0.6) is 0 Å². The number of nitrogens with zero attached hydrogens (tertiary/aromatic N) is 2. The number of aryl methyl sites for hydroxylation is 1. The molecule has 21 heavy (non-hydrogen) atoms. The van der Waals surface area contributed by atoms with E-state index >= 15 is 0 Å². The number of halogens is 1. The zero-order valence-electron chi connectivity index (χ0n) is 12.2. The molecule has 0 aliphatic carbocycles. The second-order valence-electron chi connectivity index (χ2n) is 5.57. The summed E-state index contributed by atoms with van der Waals surface area (Å²) >= 11 is 7.64. The quantitative estimate of drug-likeness (QED) is 0.844. The van der Waals surface area contributed by atoms with Crippen molar-refractivity contribution in [2.45, 2.75) is 26.0 Å². The van der Waals surface area contributed by atoms with E-state index in [1.54, 1.807) is 18.4 Å². The van der Waals surface area contributed by atoms with Gasteiger partial charge in [-0.25, -0.2) is 0 Å². The van der Waals surface area contributed by atoms with Crippen molar-refractivity contribution < 1.29 is 9.26 Å². The van der Waals surface area contributed by atoms with E-state index in [-0.39, 0.29) is 6.10 Å². The van der Waals surface area contributed by atoms with Gasteiger partial charge in [0.1, 0.15) is 5.76 Å². The number of likely N-dealkylation sites (tertiary alicyclic amines) is 1. The van der Waals surface area contributed by atoms with Crippen molar-refractivity contribution in [1.82, 2.24) is 10.1 Å². The molecule has 2 atom stereocenters. The van der Waals surface area contributed by atoms with Gasteiger partial charge >= 0.3 is 0 Å². The predicted octanol–water partition coefficient (Wildman–Crippen LogP) is 3.39. The second kappa shape index (κ2) is 6.48. The Morgan fingerprint density at radius 2 is 2.33 bits per heavy atom. The van der Waals surface area contributed by atoms with E-state index in [0.717, 1.165) is 41.8 Å². The van der Waals surface area contributed by atoms with Crippen molar-refractivity contribution in [1.29, 1.82) is 0 Å². The normalized spacial score (nSPS) is 23.0. The summed E-state index contributed by atoms with van der Waals surface area (Å²) in [5.41, 5.74) is 0.932. The molecule has 3 rings (SSSR count). The van der Waals surface area contributed by atoms with E-state index in [0.29, 0.717) is 5.92 Å². The Kier molecular flexibility index (Phi) is 4.64. The van der Waals surface area contributed by atoms with Crippen LogP contribution in [0.4, 0.5) is 0 Å². The number of hydrogen-bond acceptors (Lipinski definition) is 5. The molecule has 2 aromatic rings. The lowest BCUT2D eigenvalue weighted by Crippen LogP contribution is -2.23. The lowest BCUT2D eigenvalue weighted by molar-refractivity contribution is 0.0762.